The first-order valence-electron chi connectivity index (χ1n) is 14.5. The Labute approximate surface area is 272 Å². The smallest absolute Gasteiger partial charge is 0.264 e. The zero-order valence-electron chi connectivity index (χ0n) is 25.0. The summed E-state index contributed by atoms with van der Waals surface area (Å²) in [5, 5.41) is 2.82. The topological polar surface area (TPSA) is 96.0 Å². The quantitative estimate of drug-likeness (QED) is 0.176. The van der Waals surface area contributed by atoms with Crippen molar-refractivity contribution >= 4 is 43.5 Å². The minimum Gasteiger partial charge on any atom is -0.494 e. The van der Waals surface area contributed by atoms with E-state index in [1.807, 2.05) is 37.3 Å². The van der Waals surface area contributed by atoms with Gasteiger partial charge in [-0.2, -0.15) is 0 Å². The van der Waals surface area contributed by atoms with E-state index in [1.165, 1.54) is 41.3 Å². The molecule has 4 rings (SSSR count). The third-order valence-corrected chi connectivity index (χ3v) is 9.32. The molecule has 11 heteroatoms. The highest BCUT2D eigenvalue weighted by atomic mass is 79.9. The van der Waals surface area contributed by atoms with E-state index in [2.05, 4.69) is 21.2 Å². The molecule has 0 radical (unpaired) electrons. The Balaban J connectivity index is 1.79. The molecule has 0 aromatic heterocycles. The Morgan fingerprint density at radius 3 is 2.11 bits per heavy atom. The second-order valence-electron chi connectivity index (χ2n) is 10.1. The van der Waals surface area contributed by atoms with E-state index in [-0.39, 0.29) is 29.5 Å². The second kappa shape index (κ2) is 15.7. The number of benzene rings is 4. The summed E-state index contributed by atoms with van der Waals surface area (Å²) in [7, 11) is -4.24. The predicted molar refractivity (Wildman–Crippen MR) is 176 cm³/mol. The summed E-state index contributed by atoms with van der Waals surface area (Å²) in [5.74, 6) is -0.893. The Hall–Kier alpha value is -4.22. The largest absolute Gasteiger partial charge is 0.494 e. The molecule has 236 valence electrons. The van der Waals surface area contributed by atoms with Crippen LogP contribution in [0.15, 0.2) is 112 Å². The van der Waals surface area contributed by atoms with Crippen LogP contribution in [0.2, 0.25) is 0 Å². The fourth-order valence-electron chi connectivity index (χ4n) is 4.77. The molecule has 0 aliphatic heterocycles. The van der Waals surface area contributed by atoms with Gasteiger partial charge in [0, 0.05) is 24.0 Å². The number of nitrogens with zero attached hydrogens (tertiary/aromatic N) is 2. The number of anilines is 1. The second-order valence-corrected chi connectivity index (χ2v) is 12.9. The standard InChI is InChI=1S/C34H35BrFN3O5S/c1-3-37-34(41)32(22-25-8-6-5-7-9-25)38(23-26-10-14-28(36)15-11-26)33(40)24-39(29-16-18-30(19-17-29)44-4-2)45(42,43)31-20-12-27(35)13-21-31/h5-21,32H,3-4,22-24H2,1-2H3,(H,37,41)/t32-/m1/s1. The van der Waals surface area contributed by atoms with Crippen LogP contribution in [0.1, 0.15) is 25.0 Å². The summed E-state index contributed by atoms with van der Waals surface area (Å²) >= 11 is 3.34. The highest BCUT2D eigenvalue weighted by Gasteiger charge is 2.34. The van der Waals surface area contributed by atoms with Gasteiger partial charge in [0.05, 0.1) is 17.2 Å². The highest BCUT2D eigenvalue weighted by molar-refractivity contribution is 9.10. The minimum absolute atomic E-state index is 0.0120. The van der Waals surface area contributed by atoms with Crippen molar-refractivity contribution in [1.82, 2.24) is 10.2 Å². The van der Waals surface area contributed by atoms with E-state index >= 15 is 0 Å². The summed E-state index contributed by atoms with van der Waals surface area (Å²) in [6.07, 6.45) is 0.183. The minimum atomic E-state index is -4.24. The van der Waals surface area contributed by atoms with E-state index in [4.69, 9.17) is 4.74 Å². The van der Waals surface area contributed by atoms with Crippen LogP contribution in [0.3, 0.4) is 0 Å². The van der Waals surface area contributed by atoms with Crippen LogP contribution >= 0.6 is 15.9 Å². The van der Waals surface area contributed by atoms with Crippen molar-refractivity contribution in [2.45, 2.75) is 37.8 Å². The van der Waals surface area contributed by atoms with Gasteiger partial charge in [0.2, 0.25) is 11.8 Å². The summed E-state index contributed by atoms with van der Waals surface area (Å²) in [6, 6.07) is 26.4. The van der Waals surface area contributed by atoms with Gasteiger partial charge in [-0.3, -0.25) is 13.9 Å². The molecule has 0 aliphatic rings. The van der Waals surface area contributed by atoms with E-state index in [0.717, 1.165) is 9.87 Å². The summed E-state index contributed by atoms with van der Waals surface area (Å²) in [5.41, 5.74) is 1.64. The number of carbonyl (C=O) groups is 2. The third-order valence-electron chi connectivity index (χ3n) is 7.00. The molecule has 0 spiro atoms. The number of likely N-dealkylation sites (N-methyl/N-ethyl adjacent to an activating group) is 1. The Morgan fingerprint density at radius 1 is 0.867 bits per heavy atom. The number of amides is 2. The van der Waals surface area contributed by atoms with E-state index in [1.54, 1.807) is 43.3 Å². The van der Waals surface area contributed by atoms with E-state index in [9.17, 15) is 22.4 Å². The highest BCUT2D eigenvalue weighted by Crippen LogP contribution is 2.28. The van der Waals surface area contributed by atoms with E-state index in [0.29, 0.717) is 28.9 Å². The number of halogens is 2. The molecule has 8 nitrogen and oxygen atoms in total. The maximum Gasteiger partial charge on any atom is 0.264 e. The lowest BCUT2D eigenvalue weighted by atomic mass is 10.0. The van der Waals surface area contributed by atoms with Gasteiger partial charge in [-0.05, 0) is 85.6 Å². The molecule has 4 aromatic rings. The molecular formula is C34H35BrFN3O5S. The normalized spacial score (nSPS) is 11.8. The van der Waals surface area contributed by atoms with Crippen molar-refractivity contribution < 1.29 is 27.1 Å². The van der Waals surface area contributed by atoms with E-state index < -0.39 is 34.3 Å². The van der Waals surface area contributed by atoms with Crippen LogP contribution in [0.5, 0.6) is 5.75 Å². The average Bonchev–Trinajstić information content (AvgIpc) is 3.03. The number of ether oxygens (including phenoxy) is 1. The lowest BCUT2D eigenvalue weighted by molar-refractivity contribution is -0.140. The molecule has 1 N–H and O–H groups in total. The number of rotatable bonds is 14. The first-order chi connectivity index (χ1) is 21.6. The molecule has 0 saturated heterocycles. The number of hydrogen-bond donors (Lipinski definition) is 1. The molecular weight excluding hydrogens is 661 g/mol. The van der Waals surface area contributed by atoms with Crippen molar-refractivity contribution in [2.24, 2.45) is 0 Å². The first-order valence-corrected chi connectivity index (χ1v) is 16.7. The molecule has 0 unspecified atom stereocenters. The SMILES string of the molecule is CCNC(=O)[C@@H](Cc1ccccc1)N(Cc1ccc(F)cc1)C(=O)CN(c1ccc(OCC)cc1)S(=O)(=O)c1ccc(Br)cc1. The van der Waals surface area contributed by atoms with Crippen LogP contribution < -0.4 is 14.4 Å². The summed E-state index contributed by atoms with van der Waals surface area (Å²) in [6.45, 7) is 3.73. The average molecular weight is 697 g/mol. The van der Waals surface area contributed by atoms with Gasteiger partial charge in [-0.1, -0.05) is 58.4 Å². The van der Waals surface area contributed by atoms with Crippen molar-refractivity contribution in [2.75, 3.05) is 24.0 Å². The lowest BCUT2D eigenvalue weighted by Gasteiger charge is -2.33. The van der Waals surface area contributed by atoms with Gasteiger partial charge in [0.25, 0.3) is 10.0 Å². The number of sulfonamides is 1. The van der Waals surface area contributed by atoms with Gasteiger partial charge in [-0.15, -0.1) is 0 Å². The Kier molecular flexibility index (Phi) is 11.7. The molecule has 1 atom stereocenters. The maximum atomic E-state index is 14.4. The predicted octanol–water partition coefficient (Wildman–Crippen LogP) is 5.96. The molecule has 0 fully saturated rings. The van der Waals surface area contributed by atoms with Gasteiger partial charge >= 0.3 is 0 Å². The molecule has 45 heavy (non-hydrogen) atoms. The molecule has 0 aliphatic carbocycles. The van der Waals surface area contributed by atoms with Gasteiger partial charge in [0.15, 0.2) is 0 Å². The molecule has 0 heterocycles. The summed E-state index contributed by atoms with van der Waals surface area (Å²) < 4.78 is 49.2. The van der Waals surface area contributed by atoms with Crippen LogP contribution in [0.25, 0.3) is 0 Å². The molecule has 4 aromatic carbocycles. The van der Waals surface area contributed by atoms with Crippen molar-refractivity contribution in [3.05, 3.63) is 125 Å². The Morgan fingerprint density at radius 2 is 1.51 bits per heavy atom. The number of carbonyl (C=O) groups excluding carboxylic acids is 2. The van der Waals surface area contributed by atoms with Crippen molar-refractivity contribution in [1.29, 1.82) is 0 Å². The molecule has 0 saturated carbocycles. The van der Waals surface area contributed by atoms with Gasteiger partial charge in [-0.25, -0.2) is 12.8 Å². The number of hydrogen-bond acceptors (Lipinski definition) is 5. The number of nitrogens with one attached hydrogen (secondary N) is 1. The van der Waals surface area contributed by atoms with Crippen molar-refractivity contribution in [3.8, 4) is 5.75 Å². The van der Waals surface area contributed by atoms with Gasteiger partial charge in [0.1, 0.15) is 24.2 Å². The zero-order valence-corrected chi connectivity index (χ0v) is 27.4. The van der Waals surface area contributed by atoms with Crippen molar-refractivity contribution in [3.63, 3.8) is 0 Å². The van der Waals surface area contributed by atoms with Crippen LogP contribution in [0.4, 0.5) is 10.1 Å². The summed E-state index contributed by atoms with van der Waals surface area (Å²) in [4.78, 5) is 29.3. The molecule has 2 amide bonds. The Bertz CT molecular complexity index is 1670. The zero-order chi connectivity index (χ0) is 32.4. The molecule has 0 bridgehead atoms. The van der Waals surface area contributed by atoms with Crippen LogP contribution in [-0.2, 0) is 32.6 Å². The van der Waals surface area contributed by atoms with Crippen LogP contribution in [-0.4, -0.2) is 50.9 Å². The third kappa shape index (κ3) is 8.92. The fraction of sp³-hybridized carbons (Fsp3) is 0.235. The lowest BCUT2D eigenvalue weighted by Crippen LogP contribution is -2.53. The monoisotopic (exact) mass is 695 g/mol. The van der Waals surface area contributed by atoms with Gasteiger partial charge < -0.3 is 15.0 Å². The fourth-order valence-corrected chi connectivity index (χ4v) is 6.45. The van der Waals surface area contributed by atoms with Crippen LogP contribution in [0, 0.1) is 5.82 Å². The first kappa shape index (κ1) is 33.7. The maximum absolute atomic E-state index is 14.4.